The van der Waals surface area contributed by atoms with Crippen LogP contribution in [0.3, 0.4) is 0 Å². The van der Waals surface area contributed by atoms with Crippen molar-refractivity contribution in [2.75, 3.05) is 23.3 Å². The Hall–Kier alpha value is -3.74. The molecule has 168 valence electrons. The summed E-state index contributed by atoms with van der Waals surface area (Å²) in [7, 11) is 0. The lowest BCUT2D eigenvalue weighted by molar-refractivity contribution is -0.144. The minimum absolute atomic E-state index is 0.0319. The minimum Gasteiger partial charge on any atom is -0.324 e. The number of hydrogen-bond acceptors (Lipinski definition) is 3. The Kier molecular flexibility index (Phi) is 5.32. The number of amides is 3. The summed E-state index contributed by atoms with van der Waals surface area (Å²) in [6.45, 7) is 2.98. The molecule has 2 aliphatic rings. The first kappa shape index (κ1) is 21.1. The van der Waals surface area contributed by atoms with Gasteiger partial charge in [-0.2, -0.15) is 0 Å². The molecule has 1 unspecified atom stereocenters. The van der Waals surface area contributed by atoms with Gasteiger partial charge >= 0.3 is 6.03 Å². The number of nitrogens with zero attached hydrogens (tertiary/aromatic N) is 3. The van der Waals surface area contributed by atoms with E-state index in [-0.39, 0.29) is 23.8 Å². The Labute approximate surface area is 192 Å². The molecule has 1 spiro atoms. The molecule has 1 N–H and O–H groups in total. The third-order valence-corrected chi connectivity index (χ3v) is 6.77. The van der Waals surface area contributed by atoms with Crippen LogP contribution in [0.4, 0.5) is 20.7 Å². The van der Waals surface area contributed by atoms with Crippen LogP contribution in [0.15, 0.2) is 72.9 Å². The summed E-state index contributed by atoms with van der Waals surface area (Å²) in [5, 5.41) is 2.82. The zero-order valence-corrected chi connectivity index (χ0v) is 18.4. The summed E-state index contributed by atoms with van der Waals surface area (Å²) in [6, 6.07) is 19.3. The normalized spacial score (nSPS) is 19.3. The van der Waals surface area contributed by atoms with E-state index in [9.17, 15) is 14.0 Å². The second-order valence-electron chi connectivity index (χ2n) is 8.75. The van der Waals surface area contributed by atoms with E-state index in [0.29, 0.717) is 37.4 Å². The fourth-order valence-electron chi connectivity index (χ4n) is 4.96. The van der Waals surface area contributed by atoms with Crippen LogP contribution >= 0.6 is 0 Å². The van der Waals surface area contributed by atoms with E-state index in [0.717, 1.165) is 11.1 Å². The molecule has 2 fully saturated rings. The topological polar surface area (TPSA) is 65.5 Å². The van der Waals surface area contributed by atoms with Crippen molar-refractivity contribution in [3.63, 3.8) is 0 Å². The van der Waals surface area contributed by atoms with Gasteiger partial charge in [0.25, 0.3) is 0 Å². The van der Waals surface area contributed by atoms with Crippen LogP contribution in [0.2, 0.25) is 0 Å². The van der Waals surface area contributed by atoms with Crippen LogP contribution in [0, 0.1) is 18.2 Å². The van der Waals surface area contributed by atoms with Gasteiger partial charge < -0.3 is 9.80 Å². The average Bonchev–Trinajstić information content (AvgIpc) is 2.84. The maximum atomic E-state index is 13.5. The highest BCUT2D eigenvalue weighted by Crippen LogP contribution is 2.57. The van der Waals surface area contributed by atoms with Gasteiger partial charge in [-0.05, 0) is 61.7 Å². The molecule has 1 aromatic heterocycles. The number of anilines is 2. The highest BCUT2D eigenvalue weighted by Gasteiger charge is 2.62. The highest BCUT2D eigenvalue weighted by atomic mass is 19.1. The number of rotatable bonds is 3. The molecule has 0 bridgehead atoms. The fourth-order valence-corrected chi connectivity index (χ4v) is 4.96. The molecule has 0 aliphatic carbocycles. The Morgan fingerprint density at radius 1 is 1.03 bits per heavy atom. The van der Waals surface area contributed by atoms with E-state index in [2.05, 4.69) is 22.4 Å². The van der Waals surface area contributed by atoms with Crippen molar-refractivity contribution in [1.82, 2.24) is 9.88 Å². The Morgan fingerprint density at radius 2 is 1.73 bits per heavy atom. The Balaban J connectivity index is 1.38. The number of aromatic nitrogens is 1. The number of urea groups is 1. The largest absolute Gasteiger partial charge is 0.324 e. The first-order chi connectivity index (χ1) is 16.0. The summed E-state index contributed by atoms with van der Waals surface area (Å²) in [5.41, 5.74) is 2.31. The van der Waals surface area contributed by atoms with Crippen molar-refractivity contribution in [3.05, 3.63) is 89.9 Å². The van der Waals surface area contributed by atoms with E-state index < -0.39 is 5.41 Å². The molecular formula is C26H25FN4O2. The van der Waals surface area contributed by atoms with Gasteiger partial charge in [-0.25, -0.2) is 14.2 Å². The number of halogens is 1. The van der Waals surface area contributed by atoms with Crippen LogP contribution in [0.5, 0.6) is 0 Å². The van der Waals surface area contributed by atoms with Gasteiger partial charge in [0.2, 0.25) is 5.91 Å². The number of likely N-dealkylation sites (tertiary alicyclic amines) is 1. The molecular weight excluding hydrogens is 419 g/mol. The van der Waals surface area contributed by atoms with E-state index >= 15 is 0 Å². The van der Waals surface area contributed by atoms with Gasteiger partial charge in [0.05, 0.1) is 11.5 Å². The van der Waals surface area contributed by atoms with Crippen molar-refractivity contribution >= 4 is 23.4 Å². The molecule has 3 heterocycles. The predicted octanol–water partition coefficient (Wildman–Crippen LogP) is 4.93. The highest BCUT2D eigenvalue weighted by molar-refractivity contribution is 6.06. The average molecular weight is 445 g/mol. The number of benzene rings is 2. The first-order valence-electron chi connectivity index (χ1n) is 11.1. The fraction of sp³-hybridized carbons (Fsp3) is 0.269. The lowest BCUT2D eigenvalue weighted by atomic mass is 9.62. The van der Waals surface area contributed by atoms with Crippen LogP contribution in [0.25, 0.3) is 0 Å². The Morgan fingerprint density at radius 3 is 2.36 bits per heavy atom. The second-order valence-corrected chi connectivity index (χ2v) is 8.75. The zero-order valence-electron chi connectivity index (χ0n) is 18.4. The van der Waals surface area contributed by atoms with E-state index in [1.54, 1.807) is 40.3 Å². The van der Waals surface area contributed by atoms with Crippen LogP contribution in [-0.2, 0) is 4.79 Å². The van der Waals surface area contributed by atoms with Crippen molar-refractivity contribution in [2.45, 2.75) is 25.8 Å². The van der Waals surface area contributed by atoms with Crippen LogP contribution < -0.4 is 10.2 Å². The van der Waals surface area contributed by atoms with E-state index in [4.69, 9.17) is 0 Å². The van der Waals surface area contributed by atoms with Crippen molar-refractivity contribution in [2.24, 2.45) is 5.41 Å². The standard InChI is InChI=1S/C26H25FN4O2/c1-18-5-7-19(8-6-18)23-26(24(32)31(23)21-11-9-20(27)10-12-21)13-16-30(17-14-26)25(33)29-22-4-2-3-15-28-22/h2-12,15,23H,13-14,16-17H2,1H3,(H,28,29,33). The summed E-state index contributed by atoms with van der Waals surface area (Å²) in [6.07, 6.45) is 2.76. The molecule has 0 radical (unpaired) electrons. The predicted molar refractivity (Wildman–Crippen MR) is 124 cm³/mol. The number of piperidine rings is 1. The number of carbonyl (C=O) groups excluding carboxylic acids is 2. The summed E-state index contributed by atoms with van der Waals surface area (Å²) in [4.78, 5) is 33.9. The minimum atomic E-state index is -0.578. The molecule has 7 heteroatoms. The quantitative estimate of drug-likeness (QED) is 0.583. The van der Waals surface area contributed by atoms with Crippen molar-refractivity contribution in [3.8, 4) is 0 Å². The maximum Gasteiger partial charge on any atom is 0.323 e. The molecule has 2 aliphatic heterocycles. The third-order valence-electron chi connectivity index (χ3n) is 6.77. The number of nitrogens with one attached hydrogen (secondary N) is 1. The number of pyridine rings is 1. The number of carbonyl (C=O) groups is 2. The maximum absolute atomic E-state index is 13.5. The number of hydrogen-bond donors (Lipinski definition) is 1. The molecule has 0 saturated carbocycles. The summed E-state index contributed by atoms with van der Waals surface area (Å²) in [5.74, 6) is 0.201. The summed E-state index contributed by atoms with van der Waals surface area (Å²) < 4.78 is 13.5. The molecule has 1 atom stereocenters. The molecule has 3 amide bonds. The van der Waals surface area contributed by atoms with Gasteiger partial charge in [-0.15, -0.1) is 0 Å². The monoisotopic (exact) mass is 444 g/mol. The van der Waals surface area contributed by atoms with E-state index in [1.165, 1.54) is 12.1 Å². The van der Waals surface area contributed by atoms with Crippen LogP contribution in [0.1, 0.15) is 30.0 Å². The smallest absolute Gasteiger partial charge is 0.323 e. The van der Waals surface area contributed by atoms with Crippen molar-refractivity contribution in [1.29, 1.82) is 0 Å². The summed E-state index contributed by atoms with van der Waals surface area (Å²) >= 11 is 0. The number of aryl methyl sites for hydroxylation is 1. The van der Waals surface area contributed by atoms with Gasteiger partial charge in [0.15, 0.2) is 0 Å². The van der Waals surface area contributed by atoms with Crippen molar-refractivity contribution < 1.29 is 14.0 Å². The van der Waals surface area contributed by atoms with Gasteiger partial charge in [-0.1, -0.05) is 35.9 Å². The lowest BCUT2D eigenvalue weighted by Crippen LogP contribution is -2.67. The molecule has 33 heavy (non-hydrogen) atoms. The third kappa shape index (κ3) is 3.73. The molecule has 2 saturated heterocycles. The zero-order chi connectivity index (χ0) is 23.0. The van der Waals surface area contributed by atoms with Gasteiger partial charge in [0, 0.05) is 25.0 Å². The number of β-lactam (4-membered cyclic amide) rings is 1. The molecule has 5 rings (SSSR count). The molecule has 3 aromatic rings. The van der Waals surface area contributed by atoms with Gasteiger partial charge in [-0.3, -0.25) is 10.1 Å². The molecule has 6 nitrogen and oxygen atoms in total. The van der Waals surface area contributed by atoms with Crippen LogP contribution in [-0.4, -0.2) is 34.9 Å². The second kappa shape index (κ2) is 8.31. The first-order valence-corrected chi connectivity index (χ1v) is 11.1. The van der Waals surface area contributed by atoms with Gasteiger partial charge in [0.1, 0.15) is 11.6 Å². The molecule has 2 aromatic carbocycles. The Bertz CT molecular complexity index is 1160. The van der Waals surface area contributed by atoms with E-state index in [1.807, 2.05) is 25.1 Å². The SMILES string of the molecule is Cc1ccc(C2N(c3ccc(F)cc3)C(=O)C23CCN(C(=O)Nc2ccccn2)CC3)cc1. The lowest BCUT2D eigenvalue weighted by Gasteiger charge is -2.59.